The van der Waals surface area contributed by atoms with Crippen LogP contribution >= 0.6 is 0 Å². The number of hydrazone groups is 1. The maximum Gasteiger partial charge on any atom is 0.257 e. The normalized spacial score (nSPS) is 20.3. The number of hydrogen-bond donors (Lipinski definition) is 0. The number of ether oxygens (including phenoxy) is 1. The summed E-state index contributed by atoms with van der Waals surface area (Å²) in [5, 5.41) is 6.48. The van der Waals surface area contributed by atoms with E-state index in [4.69, 9.17) is 9.84 Å². The predicted molar refractivity (Wildman–Crippen MR) is 110 cm³/mol. The smallest absolute Gasteiger partial charge is 0.257 e. The molecule has 0 saturated carbocycles. The molecule has 0 aliphatic carbocycles. The van der Waals surface area contributed by atoms with Gasteiger partial charge in [-0.05, 0) is 25.0 Å². The molecular weight excluding hydrogens is 350 g/mol. The Morgan fingerprint density at radius 1 is 1.00 bits per heavy atom. The fourth-order valence-electron chi connectivity index (χ4n) is 3.73. The number of benzene rings is 2. The average molecular weight is 377 g/mol. The molecule has 1 fully saturated rings. The summed E-state index contributed by atoms with van der Waals surface area (Å²) >= 11 is 0. The van der Waals surface area contributed by atoms with Crippen LogP contribution in [-0.4, -0.2) is 54.4 Å². The lowest BCUT2D eigenvalue weighted by atomic mass is 9.97. The van der Waals surface area contributed by atoms with Crippen LogP contribution in [0, 0.1) is 13.8 Å². The molecule has 4 rings (SSSR count). The number of carbonyl (C=O) groups excluding carboxylic acids is 1. The average Bonchev–Trinajstić information content (AvgIpc) is 3.15. The molecule has 0 bridgehead atoms. The predicted octanol–water partition coefficient (Wildman–Crippen LogP) is 3.31. The fraction of sp³-hybridized carbons (Fsp3) is 0.391. The minimum absolute atomic E-state index is 0.0505. The van der Waals surface area contributed by atoms with Gasteiger partial charge in [0.05, 0.1) is 31.5 Å². The molecule has 2 aliphatic heterocycles. The number of carbonyl (C=O) groups is 1. The lowest BCUT2D eigenvalue weighted by Gasteiger charge is -2.29. The SMILES string of the molecule is Cc1ccc(C2=NN(C(=O)CN3CCOCC3)[C@H](c3ccc(C)cc3)C2)cc1. The maximum atomic E-state index is 13.1. The maximum absolute atomic E-state index is 13.1. The lowest BCUT2D eigenvalue weighted by molar-refractivity contribution is -0.135. The van der Waals surface area contributed by atoms with E-state index in [1.165, 1.54) is 11.1 Å². The number of nitrogens with zero attached hydrogens (tertiary/aromatic N) is 3. The molecule has 28 heavy (non-hydrogen) atoms. The van der Waals surface area contributed by atoms with Crippen LogP contribution in [0.15, 0.2) is 53.6 Å². The summed E-state index contributed by atoms with van der Waals surface area (Å²) in [6, 6.07) is 16.8. The standard InChI is InChI=1S/C23H27N3O2/c1-17-3-7-19(8-4-17)21-15-22(20-9-5-18(2)6-10-20)26(24-21)23(27)16-25-11-13-28-14-12-25/h3-10,22H,11-16H2,1-2H3/t22-/m0/s1. The highest BCUT2D eigenvalue weighted by molar-refractivity contribution is 6.03. The Bertz CT molecular complexity index is 852. The molecule has 0 N–H and O–H groups in total. The number of amides is 1. The largest absolute Gasteiger partial charge is 0.379 e. The molecule has 0 unspecified atom stereocenters. The van der Waals surface area contributed by atoms with Crippen molar-refractivity contribution in [3.05, 3.63) is 70.8 Å². The Hall–Kier alpha value is -2.50. The summed E-state index contributed by atoms with van der Waals surface area (Å²) in [7, 11) is 0. The molecule has 0 aromatic heterocycles. The topological polar surface area (TPSA) is 45.1 Å². The summed E-state index contributed by atoms with van der Waals surface area (Å²) < 4.78 is 5.40. The number of aryl methyl sites for hydroxylation is 2. The molecule has 2 aromatic carbocycles. The molecule has 1 amide bonds. The second kappa shape index (κ2) is 8.25. The van der Waals surface area contributed by atoms with E-state index in [1.807, 2.05) is 0 Å². The number of rotatable bonds is 4. The second-order valence-electron chi connectivity index (χ2n) is 7.67. The van der Waals surface area contributed by atoms with Gasteiger partial charge in [-0.3, -0.25) is 9.69 Å². The van der Waals surface area contributed by atoms with Gasteiger partial charge in [-0.1, -0.05) is 59.7 Å². The summed E-state index contributed by atoms with van der Waals surface area (Å²) in [5.41, 5.74) is 5.63. The zero-order valence-corrected chi connectivity index (χ0v) is 16.6. The zero-order valence-electron chi connectivity index (χ0n) is 16.6. The van der Waals surface area contributed by atoms with Gasteiger partial charge in [0.25, 0.3) is 5.91 Å². The van der Waals surface area contributed by atoms with E-state index in [9.17, 15) is 4.79 Å². The summed E-state index contributed by atoms with van der Waals surface area (Å²) in [5.74, 6) is 0.0505. The van der Waals surface area contributed by atoms with Crippen molar-refractivity contribution in [2.24, 2.45) is 5.10 Å². The van der Waals surface area contributed by atoms with Crippen LogP contribution in [0.2, 0.25) is 0 Å². The number of morpholine rings is 1. The third kappa shape index (κ3) is 4.16. The molecule has 5 nitrogen and oxygen atoms in total. The van der Waals surface area contributed by atoms with Crippen LogP contribution < -0.4 is 0 Å². The summed E-state index contributed by atoms with van der Waals surface area (Å²) in [4.78, 5) is 15.3. The molecular formula is C23H27N3O2. The van der Waals surface area contributed by atoms with Gasteiger partial charge >= 0.3 is 0 Å². The van der Waals surface area contributed by atoms with E-state index in [0.717, 1.165) is 36.3 Å². The van der Waals surface area contributed by atoms with Crippen molar-refractivity contribution in [3.63, 3.8) is 0 Å². The molecule has 1 saturated heterocycles. The first-order chi connectivity index (χ1) is 13.6. The van der Waals surface area contributed by atoms with Crippen molar-refractivity contribution in [2.75, 3.05) is 32.8 Å². The Balaban J connectivity index is 1.59. The van der Waals surface area contributed by atoms with Gasteiger partial charge in [0, 0.05) is 19.5 Å². The van der Waals surface area contributed by atoms with Crippen molar-refractivity contribution < 1.29 is 9.53 Å². The van der Waals surface area contributed by atoms with Crippen molar-refractivity contribution in [1.29, 1.82) is 0 Å². The van der Waals surface area contributed by atoms with E-state index in [-0.39, 0.29) is 11.9 Å². The van der Waals surface area contributed by atoms with Gasteiger partial charge in [0.1, 0.15) is 0 Å². The summed E-state index contributed by atoms with van der Waals surface area (Å²) in [6.07, 6.45) is 0.737. The first-order valence-corrected chi connectivity index (χ1v) is 9.93. The molecule has 2 aliphatic rings. The molecule has 0 radical (unpaired) electrons. The van der Waals surface area contributed by atoms with E-state index < -0.39 is 0 Å². The molecule has 5 heteroatoms. The first kappa shape index (κ1) is 18.8. The van der Waals surface area contributed by atoms with Gasteiger partial charge in [0.2, 0.25) is 0 Å². The second-order valence-corrected chi connectivity index (χ2v) is 7.67. The Labute approximate surface area is 166 Å². The van der Waals surface area contributed by atoms with Crippen molar-refractivity contribution >= 4 is 11.6 Å². The van der Waals surface area contributed by atoms with Gasteiger partial charge < -0.3 is 4.74 Å². The fourth-order valence-corrected chi connectivity index (χ4v) is 3.73. The minimum atomic E-state index is -0.0505. The molecule has 146 valence electrons. The summed E-state index contributed by atoms with van der Waals surface area (Å²) in [6.45, 7) is 7.50. The van der Waals surface area contributed by atoms with Crippen LogP contribution in [0.5, 0.6) is 0 Å². The quantitative estimate of drug-likeness (QED) is 0.821. The highest BCUT2D eigenvalue weighted by atomic mass is 16.5. The Morgan fingerprint density at radius 2 is 1.61 bits per heavy atom. The number of hydrogen-bond acceptors (Lipinski definition) is 4. The third-order valence-electron chi connectivity index (χ3n) is 5.48. The minimum Gasteiger partial charge on any atom is -0.379 e. The molecule has 2 aromatic rings. The first-order valence-electron chi connectivity index (χ1n) is 9.93. The van der Waals surface area contributed by atoms with Gasteiger partial charge in [0.15, 0.2) is 0 Å². The molecule has 1 atom stereocenters. The van der Waals surface area contributed by atoms with Crippen molar-refractivity contribution in [3.8, 4) is 0 Å². The Kier molecular flexibility index (Phi) is 5.55. The van der Waals surface area contributed by atoms with Crippen LogP contribution in [-0.2, 0) is 9.53 Å². The van der Waals surface area contributed by atoms with Gasteiger partial charge in [-0.25, -0.2) is 5.01 Å². The van der Waals surface area contributed by atoms with Crippen molar-refractivity contribution in [1.82, 2.24) is 9.91 Å². The highest BCUT2D eigenvalue weighted by Gasteiger charge is 2.33. The van der Waals surface area contributed by atoms with E-state index >= 15 is 0 Å². The molecule has 0 spiro atoms. The van der Waals surface area contributed by atoms with Crippen LogP contribution in [0.1, 0.15) is 34.7 Å². The third-order valence-corrected chi connectivity index (χ3v) is 5.48. The lowest BCUT2D eigenvalue weighted by Crippen LogP contribution is -2.43. The van der Waals surface area contributed by atoms with Gasteiger partial charge in [-0.2, -0.15) is 5.10 Å². The van der Waals surface area contributed by atoms with Crippen LogP contribution in [0.3, 0.4) is 0 Å². The Morgan fingerprint density at radius 3 is 2.25 bits per heavy atom. The highest BCUT2D eigenvalue weighted by Crippen LogP contribution is 2.33. The van der Waals surface area contributed by atoms with Crippen LogP contribution in [0.4, 0.5) is 0 Å². The van der Waals surface area contributed by atoms with E-state index in [1.54, 1.807) is 5.01 Å². The molecule has 2 heterocycles. The monoisotopic (exact) mass is 377 g/mol. The van der Waals surface area contributed by atoms with E-state index in [2.05, 4.69) is 67.3 Å². The van der Waals surface area contributed by atoms with Crippen LogP contribution in [0.25, 0.3) is 0 Å². The van der Waals surface area contributed by atoms with E-state index in [0.29, 0.717) is 19.8 Å². The zero-order chi connectivity index (χ0) is 19.5. The van der Waals surface area contributed by atoms with Gasteiger partial charge in [-0.15, -0.1) is 0 Å². The van der Waals surface area contributed by atoms with Crippen molar-refractivity contribution in [2.45, 2.75) is 26.3 Å².